The molecular formula is C54H78N2O17. The van der Waals surface area contributed by atoms with Gasteiger partial charge in [0.2, 0.25) is 11.3 Å². The molecule has 0 radical (unpaired) electrons. The van der Waals surface area contributed by atoms with E-state index < -0.39 is 137 Å². The number of amides is 1. The maximum absolute atomic E-state index is 15.4. The molecule has 4 aliphatic heterocycles. The Morgan fingerprint density at radius 1 is 0.808 bits per heavy atom. The first kappa shape index (κ1) is 55.2. The molecule has 0 aromatic heterocycles. The molecule has 0 aromatic carbocycles. The van der Waals surface area contributed by atoms with Crippen LogP contribution in [0, 0.1) is 57.0 Å². The number of rotatable bonds is 8. The summed E-state index contributed by atoms with van der Waals surface area (Å²) in [5.74, 6) is -4.22. The minimum Gasteiger partial charge on any atom is -0.511 e. The predicted molar refractivity (Wildman–Crippen MR) is 262 cm³/mol. The fraction of sp³-hybridized carbons (Fsp3) is 0.759. The van der Waals surface area contributed by atoms with Gasteiger partial charge in [0, 0.05) is 54.3 Å². The summed E-state index contributed by atoms with van der Waals surface area (Å²) >= 11 is 0. The Morgan fingerprint density at radius 3 is 2.11 bits per heavy atom. The summed E-state index contributed by atoms with van der Waals surface area (Å²) in [7, 11) is 1.18. The predicted octanol–water partition coefficient (Wildman–Crippen LogP) is 6.07. The number of carbonyl (C=O) groups excluding carboxylic acids is 3. The van der Waals surface area contributed by atoms with E-state index in [1.807, 2.05) is 58.9 Å². The smallest absolute Gasteiger partial charge is 0.407 e. The van der Waals surface area contributed by atoms with Gasteiger partial charge in [0.1, 0.15) is 29.6 Å². The number of ether oxygens (including phenoxy) is 8. The second-order valence-corrected chi connectivity index (χ2v) is 23.1. The number of hydrogen-bond acceptors (Lipinski definition) is 17. The third-order valence-electron chi connectivity index (χ3n) is 18.1. The molecule has 23 atom stereocenters. The van der Waals surface area contributed by atoms with Gasteiger partial charge in [-0.25, -0.2) is 9.59 Å². The van der Waals surface area contributed by atoms with Crippen molar-refractivity contribution >= 4 is 17.8 Å². The summed E-state index contributed by atoms with van der Waals surface area (Å²) < 4.78 is 49.6. The highest BCUT2D eigenvalue weighted by atomic mass is 16.7. The molecule has 19 nitrogen and oxygen atoms in total. The maximum atomic E-state index is 15.4. The van der Waals surface area contributed by atoms with E-state index in [1.165, 1.54) is 14.0 Å². The molecule has 8 aliphatic rings. The minimum atomic E-state index is -1.71. The summed E-state index contributed by atoms with van der Waals surface area (Å²) in [4.78, 5) is 54.7. The Kier molecular flexibility index (Phi) is 15.7. The van der Waals surface area contributed by atoms with Crippen LogP contribution in [0.15, 0.2) is 58.4 Å². The highest BCUT2D eigenvalue weighted by Crippen LogP contribution is 2.61. The molecule has 4 heterocycles. The number of Topliss-reactive ketones (excluding diaryl/α,β-unsaturated/α-hetero) is 1. The zero-order chi connectivity index (χ0) is 53.4. The number of hydrogen-bond donors (Lipinski definition) is 5. The number of aliphatic hydroxyl groups excluding tert-OH is 4. The molecule has 1 amide bonds. The van der Waals surface area contributed by atoms with Gasteiger partial charge in [0.25, 0.3) is 0 Å². The number of ketones is 1. The Balaban J connectivity index is 1.17. The average molecular weight is 1030 g/mol. The molecule has 4 aliphatic carbocycles. The maximum Gasteiger partial charge on any atom is 0.407 e. The Labute approximate surface area is 427 Å². The number of allylic oxidation sites excluding steroid dienone is 4. The van der Waals surface area contributed by atoms with E-state index in [-0.39, 0.29) is 67.1 Å². The van der Waals surface area contributed by atoms with Gasteiger partial charge in [0.15, 0.2) is 24.5 Å². The van der Waals surface area contributed by atoms with Crippen LogP contribution in [0.25, 0.3) is 0 Å². The number of carbonyl (C=O) groups is 3. The van der Waals surface area contributed by atoms with Crippen LogP contribution in [0.2, 0.25) is 0 Å². The molecule has 1 spiro atoms. The molecule has 3 unspecified atom stereocenters. The van der Waals surface area contributed by atoms with Crippen molar-refractivity contribution < 1.29 is 77.6 Å². The van der Waals surface area contributed by atoms with Crippen LogP contribution in [0.1, 0.15) is 115 Å². The second kappa shape index (κ2) is 20.8. The number of fused-ring (bicyclic) bond motifs is 4. The van der Waals surface area contributed by atoms with Gasteiger partial charge in [0.05, 0.1) is 56.3 Å². The van der Waals surface area contributed by atoms with Gasteiger partial charge < -0.3 is 63.6 Å². The Morgan fingerprint density at radius 2 is 1.45 bits per heavy atom. The van der Waals surface area contributed by atoms with Crippen LogP contribution in [0.5, 0.6) is 0 Å². The number of nitrogens with one attached hydrogen (secondary N) is 1. The third-order valence-corrected chi connectivity index (χ3v) is 18.1. The number of methoxy groups -OCH3 is 1. The van der Waals surface area contributed by atoms with E-state index in [1.54, 1.807) is 20.8 Å². The van der Waals surface area contributed by atoms with Gasteiger partial charge in [-0.05, 0) is 83.6 Å². The lowest BCUT2D eigenvalue weighted by atomic mass is 9.49. The fourth-order valence-corrected chi connectivity index (χ4v) is 13.9. The zero-order valence-electron chi connectivity index (χ0n) is 44.2. The van der Waals surface area contributed by atoms with Crippen LogP contribution in [-0.4, -0.2) is 141 Å². The van der Waals surface area contributed by atoms with E-state index in [4.69, 9.17) is 37.9 Å². The Hall–Kier alpha value is -4.05. The van der Waals surface area contributed by atoms with E-state index in [2.05, 4.69) is 25.2 Å². The fourth-order valence-electron chi connectivity index (χ4n) is 13.9. The first-order chi connectivity index (χ1) is 34.2. The molecule has 0 aromatic rings. The SMILES string of the molecule is COC(=O)N[C@@H]1[C@H](C)O[C@@H](OC2C/C=C(\C)[C@H]3C=C[C@H]4[C@H](OC5C[C@@H](O[C@@H]6C[C@@H](O)[C@@H](O)[C@H](C)O6)[C@@H](O)[C@H](C)O5)[C@H](C)C[C@@H](C)[C@@H]4[C@@]3(C)/C(O)=C3/C(=O)OC4(C[C@H](C)C(C)=C[C@H]4/C=C\2C)C3=O)C[C@@]1(C)[N+](=O)[O-]. The summed E-state index contributed by atoms with van der Waals surface area (Å²) in [6.07, 6.45) is -0.223. The van der Waals surface area contributed by atoms with E-state index in [0.717, 1.165) is 11.1 Å². The first-order valence-electron chi connectivity index (χ1n) is 26.1. The molecule has 5 fully saturated rings. The summed E-state index contributed by atoms with van der Waals surface area (Å²) in [5.41, 5.74) is -2.59. The molecule has 1 saturated carbocycles. The van der Waals surface area contributed by atoms with Crippen LogP contribution < -0.4 is 5.32 Å². The van der Waals surface area contributed by atoms with Gasteiger partial charge in [-0.2, -0.15) is 0 Å². The molecular weight excluding hydrogens is 949 g/mol. The van der Waals surface area contributed by atoms with E-state index >= 15 is 4.79 Å². The number of alkyl carbamates (subject to hydrolysis) is 1. The lowest BCUT2D eigenvalue weighted by Gasteiger charge is -2.56. The van der Waals surface area contributed by atoms with Crippen LogP contribution in [0.4, 0.5) is 4.79 Å². The average Bonchev–Trinajstić information content (AvgIpc) is 3.56. The molecule has 406 valence electrons. The van der Waals surface area contributed by atoms with Crippen molar-refractivity contribution in [2.75, 3.05) is 7.11 Å². The molecule has 2 bridgehead atoms. The summed E-state index contributed by atoms with van der Waals surface area (Å²) in [6.45, 7) is 20.3. The topological polar surface area (TPSA) is 261 Å². The van der Waals surface area contributed by atoms with Crippen molar-refractivity contribution in [3.63, 3.8) is 0 Å². The van der Waals surface area contributed by atoms with Gasteiger partial charge in [-0.15, -0.1) is 0 Å². The zero-order valence-corrected chi connectivity index (χ0v) is 44.2. The normalized spacial score (nSPS) is 49.6. The van der Waals surface area contributed by atoms with Crippen molar-refractivity contribution in [1.29, 1.82) is 0 Å². The number of nitro groups is 1. The highest BCUT2D eigenvalue weighted by molar-refractivity contribution is 6.26. The molecule has 73 heavy (non-hydrogen) atoms. The van der Waals surface area contributed by atoms with Crippen molar-refractivity contribution in [2.24, 2.45) is 46.8 Å². The van der Waals surface area contributed by atoms with Gasteiger partial charge >= 0.3 is 12.1 Å². The van der Waals surface area contributed by atoms with Crippen LogP contribution in [0.3, 0.4) is 0 Å². The van der Waals surface area contributed by atoms with E-state index in [9.17, 15) is 40.1 Å². The first-order valence-corrected chi connectivity index (χ1v) is 26.1. The van der Waals surface area contributed by atoms with Crippen molar-refractivity contribution in [2.45, 2.75) is 206 Å². The lowest BCUT2D eigenvalue weighted by molar-refractivity contribution is -0.584. The van der Waals surface area contributed by atoms with Crippen molar-refractivity contribution in [3.8, 4) is 0 Å². The quantitative estimate of drug-likeness (QED) is 0.0608. The standard InChI is InChI=1S/C54H78N2O17/c1-24-13-16-37(70-41-23-52(10,56(64)65)47(32(9)69-41)55-51(63)66-12)26(3)19-33-18-25(2)29(6)22-54(33)49(61)42(50(62)73-54)48(60)53(11)35(24)15-14-34-43(53)27(4)17-28(5)46(34)72-40-21-38(45(59)31(8)68-40)71-39-20-36(57)44(58)30(7)67-39/h13-15,18-19,27-41,43-47,57-60H,16-17,20-23H2,1-12H3,(H,55,63)/b24-13+,26-19-,48-42-/t27-,28-,29+,30+,31+,32+,33+,34-,35-,36-,37?,38-,39-,40?,41+,43+,44+,45+,46-,47-,52-,53+,54?/m1/s1. The summed E-state index contributed by atoms with van der Waals surface area (Å²) in [6, 6.07) is -1.05. The Bertz CT molecular complexity index is 2300. The largest absolute Gasteiger partial charge is 0.511 e. The van der Waals surface area contributed by atoms with Gasteiger partial charge in [-0.1, -0.05) is 69.2 Å². The molecule has 19 heteroatoms. The molecule has 5 N–H and O–H groups in total. The van der Waals surface area contributed by atoms with Gasteiger partial charge in [-0.3, -0.25) is 14.9 Å². The van der Waals surface area contributed by atoms with Crippen molar-refractivity contribution in [1.82, 2.24) is 5.32 Å². The number of esters is 1. The highest BCUT2D eigenvalue weighted by Gasteiger charge is 2.64. The monoisotopic (exact) mass is 1030 g/mol. The van der Waals surface area contributed by atoms with Crippen LogP contribution >= 0.6 is 0 Å². The molecule has 4 saturated heterocycles. The molecule has 8 rings (SSSR count). The summed E-state index contributed by atoms with van der Waals surface area (Å²) in [5, 5.41) is 60.5. The number of nitrogens with zero attached hydrogens (tertiary/aromatic N) is 1. The third kappa shape index (κ3) is 9.88. The second-order valence-electron chi connectivity index (χ2n) is 23.1. The van der Waals surface area contributed by atoms with Crippen LogP contribution in [-0.2, 0) is 47.5 Å². The van der Waals surface area contributed by atoms with E-state index in [0.29, 0.717) is 12.0 Å². The number of aliphatic hydroxyl groups is 4. The minimum absolute atomic E-state index is 0.0148. The van der Waals surface area contributed by atoms with Crippen molar-refractivity contribution in [3.05, 3.63) is 68.5 Å². The lowest BCUT2D eigenvalue weighted by Crippen LogP contribution is -2.65.